The fraction of sp³-hybridized carbons (Fsp3) is 0.333. The van der Waals surface area contributed by atoms with Crippen molar-refractivity contribution in [1.82, 2.24) is 20.1 Å². The number of nitrogens with one attached hydrogen (secondary N) is 1. The first kappa shape index (κ1) is 11.1. The molecule has 1 amide bonds. The highest BCUT2D eigenvalue weighted by Gasteiger charge is 2.18. The number of rotatable bonds is 3. The molecule has 0 atom stereocenters. The number of carbonyl (C=O) groups excluding carboxylic acids is 1. The number of aromatic nitrogens is 4. The lowest BCUT2D eigenvalue weighted by Gasteiger charge is -2.10. The van der Waals surface area contributed by atoms with E-state index in [1.807, 2.05) is 13.8 Å². The van der Waals surface area contributed by atoms with Gasteiger partial charge in [-0.05, 0) is 24.2 Å². The molecule has 3 N–H and O–H groups in total. The fourth-order valence-corrected chi connectivity index (χ4v) is 1.35. The summed E-state index contributed by atoms with van der Waals surface area (Å²) in [6.45, 7) is 3.91. The third-order valence-electron chi connectivity index (χ3n) is 2.13. The van der Waals surface area contributed by atoms with Crippen LogP contribution in [-0.2, 0) is 0 Å². The van der Waals surface area contributed by atoms with Crippen LogP contribution in [0, 0.1) is 0 Å². The molecule has 8 heteroatoms. The van der Waals surface area contributed by atoms with E-state index in [2.05, 4.69) is 25.4 Å². The van der Waals surface area contributed by atoms with Crippen LogP contribution >= 0.6 is 0 Å². The van der Waals surface area contributed by atoms with E-state index in [9.17, 15) is 4.79 Å². The second-order valence-electron chi connectivity index (χ2n) is 3.71. The number of nitrogens with zero attached hydrogens (tertiary/aromatic N) is 4. The van der Waals surface area contributed by atoms with Gasteiger partial charge in [-0.25, -0.2) is 9.31 Å². The van der Waals surface area contributed by atoms with Gasteiger partial charge in [0.2, 0.25) is 11.5 Å². The molecule has 90 valence electrons. The Labute approximate surface area is 96.7 Å². The number of amides is 1. The van der Waals surface area contributed by atoms with Crippen LogP contribution in [0.4, 0.5) is 11.6 Å². The second kappa shape index (κ2) is 4.24. The van der Waals surface area contributed by atoms with Gasteiger partial charge in [-0.15, -0.1) is 0 Å². The van der Waals surface area contributed by atoms with Crippen LogP contribution in [-0.4, -0.2) is 26.0 Å². The molecule has 0 saturated heterocycles. The molecule has 0 unspecified atom stereocenters. The van der Waals surface area contributed by atoms with Gasteiger partial charge in [-0.1, -0.05) is 0 Å². The standard InChI is InChI=1S/C9H12N6O2/c1-5(2)15-6(3-4-11-15)12-9(16)7-8(10)14-17-13-7/h3-5H,1-2H3,(H2,10,14)(H,12,16). The monoisotopic (exact) mass is 236 g/mol. The molecule has 0 fully saturated rings. The molecule has 17 heavy (non-hydrogen) atoms. The molecule has 0 aliphatic carbocycles. The molecule has 0 aliphatic heterocycles. The topological polar surface area (TPSA) is 112 Å². The summed E-state index contributed by atoms with van der Waals surface area (Å²) in [5.74, 6) is 0.0386. The molecule has 2 rings (SSSR count). The Bertz CT molecular complexity index is 529. The molecule has 2 aromatic heterocycles. The number of nitrogens with two attached hydrogens (primary N) is 1. The smallest absolute Gasteiger partial charge is 0.282 e. The molecule has 0 spiro atoms. The fourth-order valence-electron chi connectivity index (χ4n) is 1.35. The number of anilines is 2. The number of nitrogen functional groups attached to an aromatic ring is 1. The summed E-state index contributed by atoms with van der Waals surface area (Å²) >= 11 is 0. The van der Waals surface area contributed by atoms with Gasteiger partial charge in [0.1, 0.15) is 5.82 Å². The average Bonchev–Trinajstić information content (AvgIpc) is 2.86. The largest absolute Gasteiger partial charge is 0.379 e. The minimum Gasteiger partial charge on any atom is -0.379 e. The normalized spacial score (nSPS) is 10.8. The Balaban J connectivity index is 2.19. The van der Waals surface area contributed by atoms with Gasteiger partial charge >= 0.3 is 0 Å². The van der Waals surface area contributed by atoms with Crippen molar-refractivity contribution in [3.8, 4) is 0 Å². The lowest BCUT2D eigenvalue weighted by Crippen LogP contribution is -2.18. The van der Waals surface area contributed by atoms with Crippen molar-refractivity contribution in [2.24, 2.45) is 0 Å². The van der Waals surface area contributed by atoms with Gasteiger partial charge < -0.3 is 11.1 Å². The SMILES string of the molecule is CC(C)n1nccc1NC(=O)c1nonc1N. The van der Waals surface area contributed by atoms with E-state index in [4.69, 9.17) is 5.73 Å². The lowest BCUT2D eigenvalue weighted by molar-refractivity contribution is 0.101. The maximum Gasteiger partial charge on any atom is 0.282 e. The zero-order chi connectivity index (χ0) is 12.4. The van der Waals surface area contributed by atoms with Crippen molar-refractivity contribution in [3.63, 3.8) is 0 Å². The van der Waals surface area contributed by atoms with E-state index >= 15 is 0 Å². The summed E-state index contributed by atoms with van der Waals surface area (Å²) in [6, 6.07) is 1.81. The molecule has 0 radical (unpaired) electrons. The predicted molar refractivity (Wildman–Crippen MR) is 59.3 cm³/mol. The highest BCUT2D eigenvalue weighted by Crippen LogP contribution is 2.14. The van der Waals surface area contributed by atoms with E-state index in [0.29, 0.717) is 5.82 Å². The van der Waals surface area contributed by atoms with E-state index in [1.165, 1.54) is 0 Å². The number of hydrogen-bond acceptors (Lipinski definition) is 6. The molecule has 2 heterocycles. The van der Waals surface area contributed by atoms with Gasteiger partial charge in [-0.3, -0.25) is 4.79 Å². The van der Waals surface area contributed by atoms with E-state index in [1.54, 1.807) is 16.9 Å². The van der Waals surface area contributed by atoms with Crippen molar-refractivity contribution in [1.29, 1.82) is 0 Å². The van der Waals surface area contributed by atoms with Crippen molar-refractivity contribution in [2.45, 2.75) is 19.9 Å². The van der Waals surface area contributed by atoms with Gasteiger partial charge in [-0.2, -0.15) is 5.10 Å². The van der Waals surface area contributed by atoms with Crippen LogP contribution in [0.2, 0.25) is 0 Å². The first-order valence-electron chi connectivity index (χ1n) is 5.02. The number of hydrogen-bond donors (Lipinski definition) is 2. The summed E-state index contributed by atoms with van der Waals surface area (Å²) < 4.78 is 6.02. The van der Waals surface area contributed by atoms with Gasteiger partial charge in [0.05, 0.1) is 6.20 Å². The summed E-state index contributed by atoms with van der Waals surface area (Å²) in [5.41, 5.74) is 5.38. The molecule has 0 aromatic carbocycles. The second-order valence-corrected chi connectivity index (χ2v) is 3.71. The lowest BCUT2D eigenvalue weighted by atomic mass is 10.4. The van der Waals surface area contributed by atoms with Crippen LogP contribution in [0.15, 0.2) is 16.9 Å². The third kappa shape index (κ3) is 2.10. The van der Waals surface area contributed by atoms with Crippen molar-refractivity contribution >= 4 is 17.5 Å². The minimum atomic E-state index is -0.480. The number of carbonyl (C=O) groups is 1. The van der Waals surface area contributed by atoms with E-state index in [-0.39, 0.29) is 17.6 Å². The average molecular weight is 236 g/mol. The van der Waals surface area contributed by atoms with Crippen LogP contribution in [0.1, 0.15) is 30.4 Å². The Morgan fingerprint density at radius 3 is 2.88 bits per heavy atom. The highest BCUT2D eigenvalue weighted by molar-refractivity contribution is 6.05. The molecule has 8 nitrogen and oxygen atoms in total. The Morgan fingerprint density at radius 1 is 1.53 bits per heavy atom. The van der Waals surface area contributed by atoms with Gasteiger partial charge in [0.25, 0.3) is 5.91 Å². The zero-order valence-electron chi connectivity index (χ0n) is 9.41. The highest BCUT2D eigenvalue weighted by atomic mass is 16.6. The molecule has 2 aromatic rings. The van der Waals surface area contributed by atoms with Crippen LogP contribution in [0.25, 0.3) is 0 Å². The minimum absolute atomic E-state index is 0.0403. The molecular weight excluding hydrogens is 224 g/mol. The third-order valence-corrected chi connectivity index (χ3v) is 2.13. The van der Waals surface area contributed by atoms with Crippen LogP contribution < -0.4 is 11.1 Å². The summed E-state index contributed by atoms with van der Waals surface area (Å²) in [7, 11) is 0. The molecule has 0 saturated carbocycles. The summed E-state index contributed by atoms with van der Waals surface area (Å²) in [5, 5.41) is 13.5. The quantitative estimate of drug-likeness (QED) is 0.810. The van der Waals surface area contributed by atoms with Crippen molar-refractivity contribution < 1.29 is 9.42 Å². The van der Waals surface area contributed by atoms with Gasteiger partial charge in [0.15, 0.2) is 0 Å². The van der Waals surface area contributed by atoms with E-state index < -0.39 is 5.91 Å². The van der Waals surface area contributed by atoms with Crippen LogP contribution in [0.3, 0.4) is 0 Å². The summed E-state index contributed by atoms with van der Waals surface area (Å²) in [6.07, 6.45) is 1.60. The molecular formula is C9H12N6O2. The maximum atomic E-state index is 11.8. The van der Waals surface area contributed by atoms with Crippen molar-refractivity contribution in [3.05, 3.63) is 18.0 Å². The molecule has 0 bridgehead atoms. The Morgan fingerprint density at radius 2 is 2.29 bits per heavy atom. The van der Waals surface area contributed by atoms with Gasteiger partial charge in [0, 0.05) is 12.1 Å². The summed E-state index contributed by atoms with van der Waals surface area (Å²) in [4.78, 5) is 11.8. The zero-order valence-corrected chi connectivity index (χ0v) is 9.41. The first-order chi connectivity index (χ1) is 8.09. The first-order valence-corrected chi connectivity index (χ1v) is 5.02. The maximum absolute atomic E-state index is 11.8. The predicted octanol–water partition coefficient (Wildman–Crippen LogP) is 0.681. The Hall–Kier alpha value is -2.38. The molecule has 0 aliphatic rings. The Kier molecular flexibility index (Phi) is 2.77. The van der Waals surface area contributed by atoms with Crippen molar-refractivity contribution in [2.75, 3.05) is 11.1 Å². The van der Waals surface area contributed by atoms with Crippen LogP contribution in [0.5, 0.6) is 0 Å². The van der Waals surface area contributed by atoms with E-state index in [0.717, 1.165) is 0 Å².